The minimum Gasteiger partial charge on any atom is -0.481 e. The molecular weight excluding hydrogens is 394 g/mol. The Hall–Kier alpha value is -3.33. The van der Waals surface area contributed by atoms with Crippen LogP contribution in [0.2, 0.25) is 0 Å². The molecule has 0 saturated heterocycles. The monoisotopic (exact) mass is 415 g/mol. The Morgan fingerprint density at radius 3 is 2.31 bits per heavy atom. The van der Waals surface area contributed by atoms with E-state index < -0.39 is 17.1 Å². The van der Waals surface area contributed by atoms with Crippen LogP contribution in [-0.4, -0.2) is 34.0 Å². The van der Waals surface area contributed by atoms with Gasteiger partial charge < -0.3 is 21.5 Å². The van der Waals surface area contributed by atoms with Crippen LogP contribution >= 0.6 is 11.8 Å². The largest absolute Gasteiger partial charge is 0.481 e. The smallest absolute Gasteiger partial charge is 0.303 e. The van der Waals surface area contributed by atoms with Gasteiger partial charge in [0.2, 0.25) is 17.7 Å². The number of thioether (sulfide) groups is 1. The van der Waals surface area contributed by atoms with Gasteiger partial charge >= 0.3 is 5.97 Å². The van der Waals surface area contributed by atoms with E-state index in [4.69, 9.17) is 10.8 Å². The van der Waals surface area contributed by atoms with E-state index in [9.17, 15) is 19.2 Å². The first-order chi connectivity index (χ1) is 13.7. The number of hydrogen-bond donors (Lipinski definition) is 4. The molecule has 152 valence electrons. The summed E-state index contributed by atoms with van der Waals surface area (Å²) in [5.41, 5.74) is 6.62. The van der Waals surface area contributed by atoms with E-state index in [0.29, 0.717) is 16.9 Å². The summed E-state index contributed by atoms with van der Waals surface area (Å²) in [4.78, 5) is 46.5. The van der Waals surface area contributed by atoms with Gasteiger partial charge in [-0.05, 0) is 49.4 Å². The van der Waals surface area contributed by atoms with Gasteiger partial charge in [0.05, 0.1) is 11.7 Å². The molecule has 0 spiro atoms. The number of carboxylic acids is 1. The van der Waals surface area contributed by atoms with E-state index in [1.807, 2.05) is 6.07 Å². The molecule has 0 aliphatic rings. The van der Waals surface area contributed by atoms with Gasteiger partial charge in [-0.2, -0.15) is 0 Å². The molecule has 9 heteroatoms. The summed E-state index contributed by atoms with van der Waals surface area (Å²) >= 11 is 1.31. The summed E-state index contributed by atoms with van der Waals surface area (Å²) in [5.74, 6) is -2.19. The maximum absolute atomic E-state index is 12.4. The van der Waals surface area contributed by atoms with Gasteiger partial charge in [0.15, 0.2) is 0 Å². The van der Waals surface area contributed by atoms with Gasteiger partial charge in [-0.3, -0.25) is 19.2 Å². The Labute approximate surface area is 171 Å². The maximum Gasteiger partial charge on any atom is 0.303 e. The third kappa shape index (κ3) is 7.30. The van der Waals surface area contributed by atoms with Crippen LogP contribution in [0.1, 0.15) is 30.1 Å². The second-order valence-electron chi connectivity index (χ2n) is 6.16. The molecular formula is C20H21N3O5S. The van der Waals surface area contributed by atoms with E-state index in [1.165, 1.54) is 23.9 Å². The van der Waals surface area contributed by atoms with Gasteiger partial charge in [0.25, 0.3) is 0 Å². The first-order valence-corrected chi connectivity index (χ1v) is 9.61. The average Bonchev–Trinajstić information content (AvgIpc) is 2.67. The zero-order valence-corrected chi connectivity index (χ0v) is 16.5. The molecule has 0 radical (unpaired) electrons. The molecule has 2 aromatic carbocycles. The van der Waals surface area contributed by atoms with Crippen molar-refractivity contribution in [2.75, 3.05) is 10.6 Å². The molecule has 2 rings (SSSR count). The fraction of sp³-hybridized carbons (Fsp3) is 0.200. The van der Waals surface area contributed by atoms with Gasteiger partial charge in [-0.15, -0.1) is 11.8 Å². The number of rotatable bonds is 9. The van der Waals surface area contributed by atoms with Crippen LogP contribution < -0.4 is 16.4 Å². The lowest BCUT2D eigenvalue weighted by molar-refractivity contribution is -0.138. The van der Waals surface area contributed by atoms with Gasteiger partial charge in [0, 0.05) is 28.3 Å². The Balaban J connectivity index is 1.93. The highest BCUT2D eigenvalue weighted by Gasteiger charge is 2.15. The van der Waals surface area contributed by atoms with Crippen LogP contribution in [0.5, 0.6) is 0 Å². The summed E-state index contributed by atoms with van der Waals surface area (Å²) in [6.45, 7) is 1.75. The van der Waals surface area contributed by atoms with Crippen molar-refractivity contribution >= 4 is 46.8 Å². The van der Waals surface area contributed by atoms with Crippen LogP contribution in [-0.2, 0) is 14.4 Å². The summed E-state index contributed by atoms with van der Waals surface area (Å²) in [5, 5.41) is 13.6. The summed E-state index contributed by atoms with van der Waals surface area (Å²) in [6.07, 6.45) is -0.349. The molecule has 0 saturated carbocycles. The van der Waals surface area contributed by atoms with Crippen molar-refractivity contribution < 1.29 is 24.3 Å². The number of carboxylic acid groups (broad SMARTS) is 1. The van der Waals surface area contributed by atoms with E-state index in [-0.39, 0.29) is 24.7 Å². The first-order valence-electron chi connectivity index (χ1n) is 8.73. The lowest BCUT2D eigenvalue weighted by Crippen LogP contribution is -2.22. The second kappa shape index (κ2) is 10.3. The summed E-state index contributed by atoms with van der Waals surface area (Å²) in [6, 6.07) is 13.2. The number of primary amides is 1. The quantitative estimate of drug-likeness (QED) is 0.465. The fourth-order valence-electron chi connectivity index (χ4n) is 2.31. The number of amides is 3. The molecule has 29 heavy (non-hydrogen) atoms. The molecule has 2 aromatic rings. The molecule has 3 amide bonds. The highest BCUT2D eigenvalue weighted by Crippen LogP contribution is 2.26. The molecule has 1 atom stereocenters. The molecule has 0 aliphatic heterocycles. The lowest BCUT2D eigenvalue weighted by Gasteiger charge is -2.13. The van der Waals surface area contributed by atoms with Crippen LogP contribution in [0.4, 0.5) is 11.4 Å². The van der Waals surface area contributed by atoms with Gasteiger partial charge in [0.1, 0.15) is 0 Å². The molecule has 0 fully saturated rings. The fourth-order valence-corrected chi connectivity index (χ4v) is 3.24. The van der Waals surface area contributed by atoms with Crippen molar-refractivity contribution in [2.45, 2.75) is 29.9 Å². The van der Waals surface area contributed by atoms with E-state index >= 15 is 0 Å². The number of carbonyl (C=O) groups is 4. The molecule has 0 heterocycles. The SMILES string of the molecule is CC(Sc1cccc(NC(=O)CCC(=O)O)c1)C(=O)Nc1ccc(C(N)=O)cc1. The van der Waals surface area contributed by atoms with Crippen molar-refractivity contribution in [1.82, 2.24) is 0 Å². The predicted octanol–water partition coefficient (Wildman–Crippen LogP) is 2.71. The highest BCUT2D eigenvalue weighted by atomic mass is 32.2. The van der Waals surface area contributed by atoms with E-state index in [0.717, 1.165) is 4.90 Å². The van der Waals surface area contributed by atoms with Crippen LogP contribution in [0, 0.1) is 0 Å². The standard InChI is InChI=1S/C20H21N3O5S/c1-12(20(28)23-14-7-5-13(6-8-14)19(21)27)29-16-4-2-3-15(11-16)22-17(24)9-10-18(25)26/h2-8,11-12H,9-10H2,1H3,(H2,21,27)(H,22,24)(H,23,28)(H,25,26). The number of nitrogens with one attached hydrogen (secondary N) is 2. The summed E-state index contributed by atoms with van der Waals surface area (Å²) < 4.78 is 0. The molecule has 0 bridgehead atoms. The molecule has 0 aromatic heterocycles. The van der Waals surface area contributed by atoms with Crippen molar-refractivity contribution in [1.29, 1.82) is 0 Å². The minimum absolute atomic E-state index is 0.111. The van der Waals surface area contributed by atoms with Crippen LogP contribution in [0.25, 0.3) is 0 Å². The zero-order chi connectivity index (χ0) is 21.4. The number of aliphatic carboxylic acids is 1. The summed E-state index contributed by atoms with van der Waals surface area (Å²) in [7, 11) is 0. The molecule has 1 unspecified atom stereocenters. The maximum atomic E-state index is 12.4. The minimum atomic E-state index is -1.03. The molecule has 5 N–H and O–H groups in total. The molecule has 0 aliphatic carbocycles. The third-order valence-corrected chi connectivity index (χ3v) is 4.90. The third-order valence-electron chi connectivity index (χ3n) is 3.80. The number of anilines is 2. The van der Waals surface area contributed by atoms with Crippen molar-refractivity contribution in [3.8, 4) is 0 Å². The molecule has 8 nitrogen and oxygen atoms in total. The number of nitrogens with two attached hydrogens (primary N) is 1. The van der Waals surface area contributed by atoms with Crippen LogP contribution in [0.15, 0.2) is 53.4 Å². The van der Waals surface area contributed by atoms with E-state index in [1.54, 1.807) is 37.3 Å². The number of benzene rings is 2. The van der Waals surface area contributed by atoms with E-state index in [2.05, 4.69) is 10.6 Å². The Morgan fingerprint density at radius 1 is 1.00 bits per heavy atom. The van der Waals surface area contributed by atoms with Crippen molar-refractivity contribution in [2.24, 2.45) is 5.73 Å². The highest BCUT2D eigenvalue weighted by molar-refractivity contribution is 8.00. The second-order valence-corrected chi connectivity index (χ2v) is 7.57. The van der Waals surface area contributed by atoms with Crippen LogP contribution in [0.3, 0.4) is 0 Å². The topological polar surface area (TPSA) is 139 Å². The van der Waals surface area contributed by atoms with Gasteiger partial charge in [-0.1, -0.05) is 6.07 Å². The Morgan fingerprint density at radius 2 is 1.69 bits per heavy atom. The predicted molar refractivity (Wildman–Crippen MR) is 111 cm³/mol. The van der Waals surface area contributed by atoms with Crippen molar-refractivity contribution in [3.63, 3.8) is 0 Å². The Kier molecular flexibility index (Phi) is 7.79. The van der Waals surface area contributed by atoms with Crippen molar-refractivity contribution in [3.05, 3.63) is 54.1 Å². The first kappa shape index (κ1) is 22.0. The average molecular weight is 415 g/mol. The van der Waals surface area contributed by atoms with Gasteiger partial charge in [-0.25, -0.2) is 0 Å². The zero-order valence-electron chi connectivity index (χ0n) is 15.7. The number of hydrogen-bond acceptors (Lipinski definition) is 5. The Bertz CT molecular complexity index is 915. The lowest BCUT2D eigenvalue weighted by atomic mass is 10.2. The normalized spacial score (nSPS) is 11.3. The number of carbonyl (C=O) groups excluding carboxylic acids is 3.